The van der Waals surface area contributed by atoms with Gasteiger partial charge in [0.15, 0.2) is 17.2 Å². The van der Waals surface area contributed by atoms with E-state index in [-0.39, 0.29) is 25.3 Å². The van der Waals surface area contributed by atoms with Gasteiger partial charge in [-0.05, 0) is 13.8 Å². The molecule has 3 heterocycles. The molecule has 1 aliphatic heterocycles. The Balaban J connectivity index is 1.74. The van der Waals surface area contributed by atoms with E-state index in [2.05, 4.69) is 10.5 Å². The normalized spacial score (nSPS) is 13.2. The minimum Gasteiger partial charge on any atom is -0.503 e. The number of aryl methyl sites for hydroxylation is 1. The SMILES string of the molecule is CCN1Cc2onc(C)c2Cn2cc(C(=O)NCc3c(F)cc(F)cc3F)c(=O)c(O)c2C1=O. The highest BCUT2D eigenvalue weighted by Gasteiger charge is 2.31. The van der Waals surface area contributed by atoms with Gasteiger partial charge in [-0.25, -0.2) is 13.2 Å². The zero-order chi connectivity index (χ0) is 24.7. The smallest absolute Gasteiger partial charge is 0.274 e. The first-order chi connectivity index (χ1) is 16.1. The number of aromatic hydroxyl groups is 1. The second kappa shape index (κ2) is 8.69. The number of amides is 2. The number of benzene rings is 1. The lowest BCUT2D eigenvalue weighted by molar-refractivity contribution is 0.0715. The summed E-state index contributed by atoms with van der Waals surface area (Å²) in [5.41, 5.74) is -1.48. The Morgan fingerprint density at radius 1 is 1.21 bits per heavy atom. The molecule has 2 amide bonds. The molecule has 34 heavy (non-hydrogen) atoms. The van der Waals surface area contributed by atoms with Gasteiger partial charge in [0.05, 0.1) is 18.8 Å². The van der Waals surface area contributed by atoms with E-state index < -0.39 is 58.1 Å². The van der Waals surface area contributed by atoms with Crippen molar-refractivity contribution in [3.05, 3.63) is 79.8 Å². The van der Waals surface area contributed by atoms with Gasteiger partial charge in [0.2, 0.25) is 5.43 Å². The highest BCUT2D eigenvalue weighted by molar-refractivity contribution is 5.98. The number of aromatic nitrogens is 2. The molecule has 9 nitrogen and oxygen atoms in total. The van der Waals surface area contributed by atoms with Crippen molar-refractivity contribution in [1.82, 2.24) is 19.9 Å². The monoisotopic (exact) mass is 476 g/mol. The maximum Gasteiger partial charge on any atom is 0.274 e. The molecule has 1 aromatic carbocycles. The second-order valence-electron chi connectivity index (χ2n) is 7.72. The quantitative estimate of drug-likeness (QED) is 0.596. The summed E-state index contributed by atoms with van der Waals surface area (Å²) in [6.45, 7) is 2.99. The first-order valence-electron chi connectivity index (χ1n) is 10.2. The van der Waals surface area contributed by atoms with Crippen LogP contribution in [0, 0.1) is 24.4 Å². The molecule has 0 radical (unpaired) electrons. The molecule has 0 spiro atoms. The van der Waals surface area contributed by atoms with E-state index in [1.165, 1.54) is 9.47 Å². The fourth-order valence-corrected chi connectivity index (χ4v) is 3.75. The first-order valence-corrected chi connectivity index (χ1v) is 10.2. The third kappa shape index (κ3) is 3.91. The number of pyridine rings is 1. The number of hydrogen-bond donors (Lipinski definition) is 2. The summed E-state index contributed by atoms with van der Waals surface area (Å²) in [7, 11) is 0. The van der Waals surface area contributed by atoms with Crippen LogP contribution in [-0.2, 0) is 19.6 Å². The topological polar surface area (TPSA) is 118 Å². The van der Waals surface area contributed by atoms with Crippen LogP contribution in [0.15, 0.2) is 27.6 Å². The van der Waals surface area contributed by atoms with Gasteiger partial charge in [0.25, 0.3) is 11.8 Å². The van der Waals surface area contributed by atoms with Crippen molar-refractivity contribution in [3.63, 3.8) is 0 Å². The predicted molar refractivity (Wildman–Crippen MR) is 111 cm³/mol. The van der Waals surface area contributed by atoms with Crippen molar-refractivity contribution in [2.45, 2.75) is 33.5 Å². The number of carbonyl (C=O) groups is 2. The van der Waals surface area contributed by atoms with E-state index >= 15 is 0 Å². The van der Waals surface area contributed by atoms with Crippen LogP contribution in [0.2, 0.25) is 0 Å². The summed E-state index contributed by atoms with van der Waals surface area (Å²) in [6, 6.07) is 0.918. The Bertz CT molecular complexity index is 1360. The van der Waals surface area contributed by atoms with Crippen molar-refractivity contribution < 1.29 is 32.4 Å². The molecule has 0 bridgehead atoms. The van der Waals surface area contributed by atoms with Crippen molar-refractivity contribution in [3.8, 4) is 5.75 Å². The van der Waals surface area contributed by atoms with Gasteiger partial charge in [-0.2, -0.15) is 0 Å². The molecule has 0 saturated heterocycles. The molecule has 178 valence electrons. The maximum atomic E-state index is 13.9. The van der Waals surface area contributed by atoms with Crippen LogP contribution in [0.5, 0.6) is 5.75 Å². The summed E-state index contributed by atoms with van der Waals surface area (Å²) in [4.78, 5) is 39.8. The minimum atomic E-state index is -1.21. The molecule has 12 heteroatoms. The van der Waals surface area contributed by atoms with E-state index in [1.54, 1.807) is 13.8 Å². The van der Waals surface area contributed by atoms with E-state index in [9.17, 15) is 32.7 Å². The zero-order valence-electron chi connectivity index (χ0n) is 18.1. The number of rotatable bonds is 4. The van der Waals surface area contributed by atoms with Crippen LogP contribution in [0.4, 0.5) is 13.2 Å². The Morgan fingerprint density at radius 3 is 2.53 bits per heavy atom. The fourth-order valence-electron chi connectivity index (χ4n) is 3.75. The molecular formula is C22H19F3N4O5. The minimum absolute atomic E-state index is 0.0291. The number of hydrogen-bond acceptors (Lipinski definition) is 6. The van der Waals surface area contributed by atoms with Crippen LogP contribution in [0.3, 0.4) is 0 Å². The van der Waals surface area contributed by atoms with E-state index in [4.69, 9.17) is 4.52 Å². The average molecular weight is 476 g/mol. The standard InChI is InChI=1S/C22H19F3N4O5/c1-3-28-9-17-13(10(2)27-34-17)7-29-8-14(19(30)20(31)18(29)22(28)33)21(32)26-6-12-15(24)4-11(23)5-16(12)25/h4-5,8,31H,3,6-7,9H2,1-2H3,(H,26,32). The lowest BCUT2D eigenvalue weighted by Gasteiger charge is -2.26. The van der Waals surface area contributed by atoms with Crippen LogP contribution in [0.1, 0.15) is 50.4 Å². The van der Waals surface area contributed by atoms with E-state index in [0.717, 1.165) is 6.20 Å². The summed E-state index contributed by atoms with van der Waals surface area (Å²) in [5, 5.41) is 16.7. The average Bonchev–Trinajstić information content (AvgIpc) is 3.10. The molecule has 4 rings (SSSR count). The lowest BCUT2D eigenvalue weighted by atomic mass is 10.1. The number of carbonyl (C=O) groups excluding carboxylic acids is 2. The van der Waals surface area contributed by atoms with Crippen molar-refractivity contribution >= 4 is 11.8 Å². The molecule has 0 atom stereocenters. The van der Waals surface area contributed by atoms with Crippen molar-refractivity contribution in [1.29, 1.82) is 0 Å². The van der Waals surface area contributed by atoms with E-state index in [1.807, 2.05) is 0 Å². The van der Waals surface area contributed by atoms with Gasteiger partial charge < -0.3 is 24.4 Å². The summed E-state index contributed by atoms with van der Waals surface area (Å²) in [6.07, 6.45) is 1.08. The highest BCUT2D eigenvalue weighted by Crippen LogP contribution is 2.26. The van der Waals surface area contributed by atoms with Gasteiger partial charge in [0, 0.05) is 42.5 Å². The number of fused-ring (bicyclic) bond motifs is 2. The Hall–Kier alpha value is -4.09. The molecule has 0 fully saturated rings. The first kappa shape index (κ1) is 23.1. The van der Waals surface area contributed by atoms with Crippen LogP contribution in [-0.4, -0.2) is 38.1 Å². The molecule has 1 aliphatic rings. The van der Waals surface area contributed by atoms with Crippen LogP contribution >= 0.6 is 0 Å². The van der Waals surface area contributed by atoms with Crippen molar-refractivity contribution in [2.24, 2.45) is 0 Å². The second-order valence-corrected chi connectivity index (χ2v) is 7.72. The number of halogens is 3. The fraction of sp³-hybridized carbons (Fsp3) is 0.273. The molecule has 2 N–H and O–H groups in total. The Labute approximate surface area is 190 Å². The molecule has 3 aromatic rings. The van der Waals surface area contributed by atoms with E-state index in [0.29, 0.717) is 29.2 Å². The molecular weight excluding hydrogens is 457 g/mol. The van der Waals surface area contributed by atoms with Gasteiger partial charge in [-0.3, -0.25) is 14.4 Å². The van der Waals surface area contributed by atoms with Crippen LogP contribution < -0.4 is 10.7 Å². The number of nitrogens with one attached hydrogen (secondary N) is 1. The van der Waals surface area contributed by atoms with Gasteiger partial charge >= 0.3 is 0 Å². The van der Waals surface area contributed by atoms with Crippen molar-refractivity contribution in [2.75, 3.05) is 6.54 Å². The molecule has 2 aromatic heterocycles. The van der Waals surface area contributed by atoms with Gasteiger partial charge in [-0.1, -0.05) is 5.16 Å². The van der Waals surface area contributed by atoms with Gasteiger partial charge in [-0.15, -0.1) is 0 Å². The molecule has 0 unspecified atom stereocenters. The molecule has 0 saturated carbocycles. The number of nitrogens with zero attached hydrogens (tertiary/aromatic N) is 3. The summed E-state index contributed by atoms with van der Waals surface area (Å²) >= 11 is 0. The summed E-state index contributed by atoms with van der Waals surface area (Å²) in [5.74, 6) is -5.77. The predicted octanol–water partition coefficient (Wildman–Crippen LogP) is 2.22. The Morgan fingerprint density at radius 2 is 1.88 bits per heavy atom. The lowest BCUT2D eigenvalue weighted by Crippen LogP contribution is -2.37. The van der Waals surface area contributed by atoms with Crippen LogP contribution in [0.25, 0.3) is 0 Å². The largest absolute Gasteiger partial charge is 0.503 e. The zero-order valence-corrected chi connectivity index (χ0v) is 18.1. The third-order valence-corrected chi connectivity index (χ3v) is 5.63. The third-order valence-electron chi connectivity index (χ3n) is 5.63. The Kier molecular flexibility index (Phi) is 5.90. The molecule has 0 aliphatic carbocycles. The van der Waals surface area contributed by atoms with Gasteiger partial charge in [0.1, 0.15) is 23.0 Å². The highest BCUT2D eigenvalue weighted by atomic mass is 19.1. The maximum absolute atomic E-state index is 13.9. The summed E-state index contributed by atoms with van der Waals surface area (Å²) < 4.78 is 47.4.